The molecule has 2 aromatic carbocycles. The molecule has 1 heterocycles. The number of hydrogen-bond acceptors (Lipinski definition) is 6. The van der Waals surface area contributed by atoms with Crippen molar-refractivity contribution in [2.24, 2.45) is 0 Å². The molecule has 1 atom stereocenters. The van der Waals surface area contributed by atoms with Crippen LogP contribution in [0.4, 0.5) is 18.9 Å². The van der Waals surface area contributed by atoms with Gasteiger partial charge in [-0.3, -0.25) is 14.4 Å². The first-order chi connectivity index (χ1) is 15.5. The highest BCUT2D eigenvalue weighted by Crippen LogP contribution is 2.36. The van der Waals surface area contributed by atoms with Crippen LogP contribution in [0.2, 0.25) is 5.02 Å². The predicted molar refractivity (Wildman–Crippen MR) is 112 cm³/mol. The van der Waals surface area contributed by atoms with Crippen LogP contribution in [0.3, 0.4) is 0 Å². The molecule has 11 heteroatoms. The Morgan fingerprint density at radius 1 is 1.06 bits per heavy atom. The Labute approximate surface area is 191 Å². The third kappa shape index (κ3) is 6.38. The van der Waals surface area contributed by atoms with Crippen LogP contribution in [-0.2, 0) is 20.5 Å². The first-order valence-corrected chi connectivity index (χ1v) is 10.2. The number of amides is 1. The van der Waals surface area contributed by atoms with Gasteiger partial charge >= 0.3 is 12.1 Å². The molecule has 176 valence electrons. The number of carbonyl (C=O) groups excluding carboxylic acids is 3. The monoisotopic (exact) mass is 485 g/mol. The number of ether oxygens (including phenoxy) is 3. The zero-order valence-electron chi connectivity index (χ0n) is 17.3. The highest BCUT2D eigenvalue weighted by molar-refractivity contribution is 6.31. The topological polar surface area (TPSA) is 90.9 Å². The Kier molecular flexibility index (Phi) is 7.47. The Morgan fingerprint density at radius 2 is 1.76 bits per heavy atom. The van der Waals surface area contributed by atoms with Crippen molar-refractivity contribution in [1.29, 1.82) is 0 Å². The maximum Gasteiger partial charge on any atom is 0.417 e. The molecule has 0 radical (unpaired) electrons. The van der Waals surface area contributed by atoms with Crippen LogP contribution in [-0.4, -0.2) is 37.0 Å². The molecule has 3 rings (SSSR count). The van der Waals surface area contributed by atoms with Gasteiger partial charge in [-0.1, -0.05) is 11.6 Å². The number of halogens is 4. The molecule has 1 aliphatic rings. The fraction of sp³-hybridized carbons (Fsp3) is 0.318. The molecule has 0 saturated carbocycles. The van der Waals surface area contributed by atoms with E-state index in [1.54, 1.807) is 12.1 Å². The first kappa shape index (κ1) is 24.4. The molecule has 2 aromatic rings. The standard InChI is InChI=1S/C22H19ClF3NO6/c1-12(21(30)27-14-3-4-16(23)15(11-14)22(24,25)26)33-20(29)7-5-17(28)13-2-6-18-19(10-13)32-9-8-31-18/h2-4,6,10-12H,5,7-9H2,1H3,(H,27,30). The van der Waals surface area contributed by atoms with Crippen LogP contribution in [0.15, 0.2) is 36.4 Å². The second-order valence-corrected chi connectivity index (χ2v) is 7.50. The van der Waals surface area contributed by atoms with Gasteiger partial charge in [0.25, 0.3) is 5.91 Å². The summed E-state index contributed by atoms with van der Waals surface area (Å²) in [5.74, 6) is -1.01. The minimum atomic E-state index is -4.69. The number of anilines is 1. The first-order valence-electron chi connectivity index (χ1n) is 9.84. The van der Waals surface area contributed by atoms with E-state index < -0.39 is 34.7 Å². The van der Waals surface area contributed by atoms with Gasteiger partial charge in [0.15, 0.2) is 23.4 Å². The predicted octanol–water partition coefficient (Wildman–Crippen LogP) is 4.66. The van der Waals surface area contributed by atoms with Gasteiger partial charge < -0.3 is 19.5 Å². The zero-order valence-corrected chi connectivity index (χ0v) is 18.1. The van der Waals surface area contributed by atoms with Crippen molar-refractivity contribution in [2.75, 3.05) is 18.5 Å². The molecule has 33 heavy (non-hydrogen) atoms. The minimum absolute atomic E-state index is 0.159. The molecular weight excluding hydrogens is 467 g/mol. The van der Waals surface area contributed by atoms with Gasteiger partial charge in [-0.25, -0.2) is 0 Å². The number of ketones is 1. The molecule has 0 aliphatic carbocycles. The van der Waals surface area contributed by atoms with E-state index >= 15 is 0 Å². The third-order valence-corrected chi connectivity index (χ3v) is 4.97. The second-order valence-electron chi connectivity index (χ2n) is 7.10. The highest BCUT2D eigenvalue weighted by atomic mass is 35.5. The Bertz CT molecular complexity index is 1070. The average molecular weight is 486 g/mol. The zero-order chi connectivity index (χ0) is 24.2. The molecule has 0 aromatic heterocycles. The molecule has 1 N–H and O–H groups in total. The number of Topliss-reactive ketones (excluding diaryl/α,β-unsaturated/α-hetero) is 1. The van der Waals surface area contributed by atoms with Crippen LogP contribution in [0.25, 0.3) is 0 Å². The summed E-state index contributed by atoms with van der Waals surface area (Å²) in [4.78, 5) is 36.6. The number of benzene rings is 2. The minimum Gasteiger partial charge on any atom is -0.486 e. The van der Waals surface area contributed by atoms with Gasteiger partial charge in [0, 0.05) is 17.7 Å². The summed E-state index contributed by atoms with van der Waals surface area (Å²) in [6.45, 7) is 2.04. The summed E-state index contributed by atoms with van der Waals surface area (Å²) in [5, 5.41) is 1.73. The van der Waals surface area contributed by atoms with E-state index in [0.717, 1.165) is 6.07 Å². The van der Waals surface area contributed by atoms with Crippen LogP contribution in [0.1, 0.15) is 35.7 Å². The van der Waals surface area contributed by atoms with Crippen molar-refractivity contribution in [3.05, 3.63) is 52.5 Å². The van der Waals surface area contributed by atoms with Crippen molar-refractivity contribution < 1.29 is 41.8 Å². The maximum atomic E-state index is 12.9. The van der Waals surface area contributed by atoms with Crippen molar-refractivity contribution in [3.8, 4) is 11.5 Å². The Balaban J connectivity index is 1.51. The fourth-order valence-corrected chi connectivity index (χ4v) is 3.18. The van der Waals surface area contributed by atoms with E-state index in [0.29, 0.717) is 36.3 Å². The average Bonchev–Trinajstić information content (AvgIpc) is 2.77. The number of alkyl halides is 3. The molecular formula is C22H19ClF3NO6. The summed E-state index contributed by atoms with van der Waals surface area (Å²) in [5.41, 5.74) is -0.932. The molecule has 1 aliphatic heterocycles. The number of rotatable bonds is 7. The Hall–Kier alpha value is -3.27. The smallest absolute Gasteiger partial charge is 0.417 e. The van der Waals surface area contributed by atoms with Gasteiger partial charge in [-0.05, 0) is 43.3 Å². The third-order valence-electron chi connectivity index (χ3n) is 4.64. The summed E-state index contributed by atoms with van der Waals surface area (Å²) < 4.78 is 54.6. The summed E-state index contributed by atoms with van der Waals surface area (Å²) in [7, 11) is 0. The molecule has 7 nitrogen and oxygen atoms in total. The largest absolute Gasteiger partial charge is 0.486 e. The SMILES string of the molecule is CC(OC(=O)CCC(=O)c1ccc2c(c1)OCCO2)C(=O)Nc1ccc(Cl)c(C(F)(F)F)c1. The lowest BCUT2D eigenvalue weighted by molar-refractivity contribution is -0.153. The number of hydrogen-bond donors (Lipinski definition) is 1. The number of esters is 1. The molecule has 0 fully saturated rings. The van der Waals surface area contributed by atoms with Gasteiger partial charge in [0.2, 0.25) is 0 Å². The lowest BCUT2D eigenvalue weighted by Gasteiger charge is -2.18. The van der Waals surface area contributed by atoms with Crippen molar-refractivity contribution in [3.63, 3.8) is 0 Å². The van der Waals surface area contributed by atoms with Gasteiger partial charge in [-0.2, -0.15) is 13.2 Å². The normalized spacial score (nSPS) is 13.7. The second kappa shape index (κ2) is 10.1. The molecule has 0 spiro atoms. The van der Waals surface area contributed by atoms with Gasteiger partial charge in [-0.15, -0.1) is 0 Å². The van der Waals surface area contributed by atoms with E-state index in [1.807, 2.05) is 0 Å². The van der Waals surface area contributed by atoms with E-state index in [2.05, 4.69) is 5.32 Å². The van der Waals surface area contributed by atoms with Crippen molar-refractivity contribution >= 4 is 34.9 Å². The number of nitrogens with one attached hydrogen (secondary N) is 1. The van der Waals surface area contributed by atoms with Crippen LogP contribution < -0.4 is 14.8 Å². The van der Waals surface area contributed by atoms with Crippen LogP contribution in [0.5, 0.6) is 11.5 Å². The molecule has 0 saturated heterocycles. The lowest BCUT2D eigenvalue weighted by atomic mass is 10.1. The maximum absolute atomic E-state index is 12.9. The van der Waals surface area contributed by atoms with Crippen LogP contribution >= 0.6 is 11.6 Å². The quantitative estimate of drug-likeness (QED) is 0.453. The van der Waals surface area contributed by atoms with E-state index in [-0.39, 0.29) is 24.3 Å². The summed E-state index contributed by atoms with van der Waals surface area (Å²) in [6, 6.07) is 7.56. The van der Waals surface area contributed by atoms with Crippen LogP contribution in [0, 0.1) is 0 Å². The molecule has 1 amide bonds. The van der Waals surface area contributed by atoms with Gasteiger partial charge in [0.1, 0.15) is 13.2 Å². The molecule has 1 unspecified atom stereocenters. The van der Waals surface area contributed by atoms with Gasteiger partial charge in [0.05, 0.1) is 17.0 Å². The van der Waals surface area contributed by atoms with E-state index in [1.165, 1.54) is 19.1 Å². The lowest BCUT2D eigenvalue weighted by Crippen LogP contribution is -2.30. The summed E-state index contributed by atoms with van der Waals surface area (Å²) in [6.07, 6.45) is -6.45. The molecule has 0 bridgehead atoms. The highest BCUT2D eigenvalue weighted by Gasteiger charge is 2.33. The van der Waals surface area contributed by atoms with E-state index in [9.17, 15) is 27.6 Å². The van der Waals surface area contributed by atoms with Crippen molar-refractivity contribution in [1.82, 2.24) is 0 Å². The van der Waals surface area contributed by atoms with E-state index in [4.69, 9.17) is 25.8 Å². The Morgan fingerprint density at radius 3 is 2.45 bits per heavy atom. The summed E-state index contributed by atoms with van der Waals surface area (Å²) >= 11 is 5.55. The van der Waals surface area contributed by atoms with Crippen molar-refractivity contribution in [2.45, 2.75) is 32.0 Å². The number of fused-ring (bicyclic) bond motifs is 1. The number of carbonyl (C=O) groups is 3. The fourth-order valence-electron chi connectivity index (χ4n) is 2.95.